The molecule has 0 aliphatic rings. The highest BCUT2D eigenvalue weighted by molar-refractivity contribution is 7.12. The summed E-state index contributed by atoms with van der Waals surface area (Å²) in [5.74, 6) is 0.0441. The van der Waals surface area contributed by atoms with Crippen molar-refractivity contribution in [2.75, 3.05) is 0 Å². The molecular weight excluding hydrogens is 170 g/mol. The number of hydrogen-bond donors (Lipinski definition) is 0. The standard InChI is InChI=1S/C9H7NOS/c1-7(11)9-8(3-2-5-10)4-6-12-9/h2-4,6H,1H3. The van der Waals surface area contributed by atoms with Crippen molar-refractivity contribution in [3.05, 3.63) is 28.0 Å². The van der Waals surface area contributed by atoms with Crippen LogP contribution in [0.15, 0.2) is 17.5 Å². The number of carbonyl (C=O) groups excluding carboxylic acids is 1. The molecule has 0 unspecified atom stereocenters. The van der Waals surface area contributed by atoms with E-state index in [-0.39, 0.29) is 5.78 Å². The lowest BCUT2D eigenvalue weighted by Gasteiger charge is -1.89. The van der Waals surface area contributed by atoms with Crippen molar-refractivity contribution in [3.63, 3.8) is 0 Å². The van der Waals surface area contributed by atoms with Crippen LogP contribution in [0, 0.1) is 11.3 Å². The molecular formula is C9H7NOS. The molecule has 0 saturated carbocycles. The second-order valence-electron chi connectivity index (χ2n) is 2.22. The van der Waals surface area contributed by atoms with Gasteiger partial charge in [0.2, 0.25) is 0 Å². The fourth-order valence-corrected chi connectivity index (χ4v) is 1.65. The van der Waals surface area contributed by atoms with Crippen LogP contribution in [0.2, 0.25) is 0 Å². The van der Waals surface area contributed by atoms with Gasteiger partial charge in [0.25, 0.3) is 0 Å². The molecule has 0 fully saturated rings. The largest absolute Gasteiger partial charge is 0.294 e. The number of Topliss-reactive ketones (excluding diaryl/α,β-unsaturated/α-hetero) is 1. The van der Waals surface area contributed by atoms with Crippen molar-refractivity contribution in [1.29, 1.82) is 5.26 Å². The van der Waals surface area contributed by atoms with Crippen molar-refractivity contribution < 1.29 is 4.79 Å². The molecule has 0 bridgehead atoms. The van der Waals surface area contributed by atoms with Crippen molar-refractivity contribution in [3.8, 4) is 6.07 Å². The number of ketones is 1. The van der Waals surface area contributed by atoms with Crippen molar-refractivity contribution in [2.24, 2.45) is 0 Å². The second kappa shape index (κ2) is 3.84. The Morgan fingerprint density at radius 2 is 2.50 bits per heavy atom. The molecule has 1 rings (SSSR count). The summed E-state index contributed by atoms with van der Waals surface area (Å²) in [4.78, 5) is 11.7. The molecule has 0 N–H and O–H groups in total. The third-order valence-corrected chi connectivity index (χ3v) is 2.38. The van der Waals surface area contributed by atoms with E-state index in [1.165, 1.54) is 24.3 Å². The van der Waals surface area contributed by atoms with Gasteiger partial charge in [0, 0.05) is 6.08 Å². The summed E-state index contributed by atoms with van der Waals surface area (Å²) in [6.45, 7) is 1.52. The topological polar surface area (TPSA) is 40.9 Å². The van der Waals surface area contributed by atoms with E-state index in [2.05, 4.69) is 0 Å². The van der Waals surface area contributed by atoms with Crippen LogP contribution in [0.4, 0.5) is 0 Å². The summed E-state index contributed by atoms with van der Waals surface area (Å²) in [6, 6.07) is 3.71. The van der Waals surface area contributed by atoms with Gasteiger partial charge in [-0.05, 0) is 30.0 Å². The Morgan fingerprint density at radius 1 is 1.75 bits per heavy atom. The summed E-state index contributed by atoms with van der Waals surface area (Å²) in [7, 11) is 0. The molecule has 1 heterocycles. The number of thiophene rings is 1. The summed E-state index contributed by atoms with van der Waals surface area (Å²) < 4.78 is 0. The maximum atomic E-state index is 11.0. The Kier molecular flexibility index (Phi) is 2.78. The first-order valence-corrected chi connectivity index (χ1v) is 4.28. The normalized spacial score (nSPS) is 10.0. The SMILES string of the molecule is CC(=O)c1sccc1C=CC#N. The summed E-state index contributed by atoms with van der Waals surface area (Å²) in [5, 5.41) is 10.1. The Labute approximate surface area is 74.8 Å². The van der Waals surface area contributed by atoms with Gasteiger partial charge in [0.1, 0.15) is 0 Å². The predicted octanol–water partition coefficient (Wildman–Crippen LogP) is 2.49. The Bertz CT molecular complexity index is 357. The maximum absolute atomic E-state index is 11.0. The van der Waals surface area contributed by atoms with Gasteiger partial charge in [0.05, 0.1) is 10.9 Å². The minimum absolute atomic E-state index is 0.0441. The minimum Gasteiger partial charge on any atom is -0.294 e. The maximum Gasteiger partial charge on any atom is 0.170 e. The molecule has 0 aromatic carbocycles. The Hall–Kier alpha value is -1.40. The van der Waals surface area contributed by atoms with E-state index in [0.717, 1.165) is 5.56 Å². The zero-order valence-electron chi connectivity index (χ0n) is 6.57. The summed E-state index contributed by atoms with van der Waals surface area (Å²) in [6.07, 6.45) is 3.02. The number of nitriles is 1. The smallest absolute Gasteiger partial charge is 0.170 e. The Balaban J connectivity index is 3.01. The van der Waals surface area contributed by atoms with Crippen LogP contribution in [-0.2, 0) is 0 Å². The van der Waals surface area contributed by atoms with Crippen LogP contribution in [-0.4, -0.2) is 5.78 Å². The summed E-state index contributed by atoms with van der Waals surface area (Å²) in [5.41, 5.74) is 0.828. The average Bonchev–Trinajstić information content (AvgIpc) is 2.48. The third-order valence-electron chi connectivity index (χ3n) is 1.35. The molecule has 0 aliphatic carbocycles. The van der Waals surface area contributed by atoms with Gasteiger partial charge in [-0.15, -0.1) is 11.3 Å². The molecule has 0 radical (unpaired) electrons. The minimum atomic E-state index is 0.0441. The zero-order chi connectivity index (χ0) is 8.97. The fraction of sp³-hybridized carbons (Fsp3) is 0.111. The van der Waals surface area contributed by atoms with Crippen LogP contribution in [0.25, 0.3) is 6.08 Å². The van der Waals surface area contributed by atoms with Crippen molar-refractivity contribution in [1.82, 2.24) is 0 Å². The van der Waals surface area contributed by atoms with Gasteiger partial charge in [-0.1, -0.05) is 0 Å². The van der Waals surface area contributed by atoms with Crippen LogP contribution < -0.4 is 0 Å². The van der Waals surface area contributed by atoms with Crippen LogP contribution in [0.3, 0.4) is 0 Å². The van der Waals surface area contributed by atoms with E-state index < -0.39 is 0 Å². The number of rotatable bonds is 2. The molecule has 0 spiro atoms. The highest BCUT2D eigenvalue weighted by Gasteiger charge is 2.04. The average molecular weight is 177 g/mol. The van der Waals surface area contributed by atoms with Gasteiger partial charge in [-0.2, -0.15) is 5.26 Å². The van der Waals surface area contributed by atoms with E-state index in [9.17, 15) is 4.79 Å². The quantitative estimate of drug-likeness (QED) is 0.514. The molecule has 60 valence electrons. The van der Waals surface area contributed by atoms with Crippen LogP contribution in [0.5, 0.6) is 0 Å². The zero-order valence-corrected chi connectivity index (χ0v) is 7.39. The predicted molar refractivity (Wildman–Crippen MR) is 49.0 cm³/mol. The van der Waals surface area contributed by atoms with Gasteiger partial charge < -0.3 is 0 Å². The number of allylic oxidation sites excluding steroid dienone is 1. The monoisotopic (exact) mass is 177 g/mol. The highest BCUT2D eigenvalue weighted by Crippen LogP contribution is 2.18. The van der Waals surface area contributed by atoms with E-state index in [0.29, 0.717) is 4.88 Å². The lowest BCUT2D eigenvalue weighted by atomic mass is 10.2. The van der Waals surface area contributed by atoms with Gasteiger partial charge in [-0.25, -0.2) is 0 Å². The van der Waals surface area contributed by atoms with Gasteiger partial charge >= 0.3 is 0 Å². The fourth-order valence-electron chi connectivity index (χ4n) is 0.864. The number of nitrogens with zero attached hydrogens (tertiary/aromatic N) is 1. The summed E-state index contributed by atoms with van der Waals surface area (Å²) >= 11 is 1.40. The van der Waals surface area contributed by atoms with Crippen molar-refractivity contribution >= 4 is 23.2 Å². The first kappa shape index (κ1) is 8.69. The lowest BCUT2D eigenvalue weighted by Crippen LogP contribution is -1.88. The van der Waals surface area contributed by atoms with E-state index in [1.807, 2.05) is 17.5 Å². The molecule has 2 nitrogen and oxygen atoms in total. The number of hydrogen-bond acceptors (Lipinski definition) is 3. The van der Waals surface area contributed by atoms with Crippen molar-refractivity contribution in [2.45, 2.75) is 6.92 Å². The molecule has 0 saturated heterocycles. The second-order valence-corrected chi connectivity index (χ2v) is 3.14. The van der Waals surface area contributed by atoms with Gasteiger partial charge in [0.15, 0.2) is 5.78 Å². The van der Waals surface area contributed by atoms with Crippen LogP contribution >= 0.6 is 11.3 Å². The third kappa shape index (κ3) is 1.80. The van der Waals surface area contributed by atoms with E-state index >= 15 is 0 Å². The lowest BCUT2D eigenvalue weighted by molar-refractivity contribution is 0.102. The molecule has 12 heavy (non-hydrogen) atoms. The van der Waals surface area contributed by atoms with Gasteiger partial charge in [-0.3, -0.25) is 4.79 Å². The number of carbonyl (C=O) groups is 1. The molecule has 3 heteroatoms. The molecule has 0 atom stereocenters. The van der Waals surface area contributed by atoms with Crippen LogP contribution in [0.1, 0.15) is 22.2 Å². The molecule has 1 aromatic heterocycles. The first-order valence-electron chi connectivity index (χ1n) is 3.40. The first-order chi connectivity index (χ1) is 5.75. The molecule has 0 amide bonds. The highest BCUT2D eigenvalue weighted by atomic mass is 32.1. The van der Waals surface area contributed by atoms with E-state index in [4.69, 9.17) is 5.26 Å². The molecule has 1 aromatic rings. The van der Waals surface area contributed by atoms with E-state index in [1.54, 1.807) is 6.08 Å². The molecule has 0 aliphatic heterocycles. The Morgan fingerprint density at radius 3 is 3.08 bits per heavy atom.